The number of methoxy groups -OCH3 is 1. The van der Waals surface area contributed by atoms with Gasteiger partial charge in [-0.05, 0) is 44.4 Å². The maximum Gasteiger partial charge on any atom is 0.342 e. The largest absolute Gasteiger partial charge is 0.507 e. The molecule has 1 aliphatic rings. The summed E-state index contributed by atoms with van der Waals surface area (Å²) in [5.41, 5.74) is 4.83. The summed E-state index contributed by atoms with van der Waals surface area (Å²) in [6, 6.07) is 12.2. The molecule has 11 heteroatoms. The summed E-state index contributed by atoms with van der Waals surface area (Å²) >= 11 is 0. The first-order valence-electron chi connectivity index (χ1n) is 13.9. The highest BCUT2D eigenvalue weighted by Gasteiger charge is 2.31. The number of rotatable bonds is 11. The molecule has 4 aromatic rings. The predicted octanol–water partition coefficient (Wildman–Crippen LogP) is 5.49. The van der Waals surface area contributed by atoms with E-state index in [0.717, 1.165) is 16.5 Å². The number of pyridine rings is 1. The first-order chi connectivity index (χ1) is 20.7. The summed E-state index contributed by atoms with van der Waals surface area (Å²) in [7, 11) is 1.52. The third-order valence-corrected chi connectivity index (χ3v) is 7.68. The van der Waals surface area contributed by atoms with Gasteiger partial charge >= 0.3 is 5.97 Å². The number of anilines is 1. The second-order valence-corrected chi connectivity index (χ2v) is 10.4. The van der Waals surface area contributed by atoms with Crippen molar-refractivity contribution in [2.24, 2.45) is 0 Å². The van der Waals surface area contributed by atoms with Crippen molar-refractivity contribution in [1.82, 2.24) is 10.3 Å². The number of esters is 1. The second-order valence-electron chi connectivity index (χ2n) is 10.4. The van der Waals surface area contributed by atoms with Crippen LogP contribution in [-0.4, -0.2) is 47.1 Å². The van der Waals surface area contributed by atoms with Gasteiger partial charge in [-0.3, -0.25) is 14.9 Å². The molecule has 222 valence electrons. The molecule has 0 saturated carbocycles. The Morgan fingerprint density at radius 1 is 1.16 bits per heavy atom. The fraction of sp³-hybridized carbons (Fsp3) is 0.281. The van der Waals surface area contributed by atoms with Crippen LogP contribution in [0.1, 0.15) is 46.8 Å². The summed E-state index contributed by atoms with van der Waals surface area (Å²) in [5.74, 6) is -0.297. The molecule has 11 nitrogen and oxygen atoms in total. The second kappa shape index (κ2) is 12.4. The van der Waals surface area contributed by atoms with Gasteiger partial charge in [0.05, 0.1) is 28.8 Å². The van der Waals surface area contributed by atoms with E-state index >= 15 is 0 Å². The van der Waals surface area contributed by atoms with E-state index in [4.69, 9.17) is 9.47 Å². The number of hydrogen-bond donors (Lipinski definition) is 3. The number of nitro groups is 1. The van der Waals surface area contributed by atoms with E-state index in [1.54, 1.807) is 12.1 Å². The highest BCUT2D eigenvalue weighted by molar-refractivity contribution is 6.11. The van der Waals surface area contributed by atoms with Crippen LogP contribution < -0.4 is 15.4 Å². The fourth-order valence-electron chi connectivity index (χ4n) is 5.46. The number of phenols is 1. The number of nitro benzene ring substituents is 1. The number of carbonyl (C=O) groups excluding carboxylic acids is 2. The maximum absolute atomic E-state index is 12.6. The zero-order valence-corrected chi connectivity index (χ0v) is 24.2. The van der Waals surface area contributed by atoms with Gasteiger partial charge < -0.3 is 25.2 Å². The third kappa shape index (κ3) is 5.78. The van der Waals surface area contributed by atoms with Crippen LogP contribution in [0.5, 0.6) is 11.5 Å². The van der Waals surface area contributed by atoms with Crippen molar-refractivity contribution in [2.45, 2.75) is 39.7 Å². The van der Waals surface area contributed by atoms with Crippen LogP contribution in [-0.2, 0) is 22.6 Å². The number of para-hydroxylation sites is 1. The molecule has 3 N–H and O–H groups in total. The number of ether oxygens (including phenoxy) is 2. The lowest BCUT2D eigenvalue weighted by Crippen LogP contribution is -2.28. The Morgan fingerprint density at radius 2 is 1.93 bits per heavy atom. The van der Waals surface area contributed by atoms with Crippen LogP contribution in [0.15, 0.2) is 54.1 Å². The van der Waals surface area contributed by atoms with Crippen LogP contribution in [0.3, 0.4) is 0 Å². The lowest BCUT2D eigenvalue weighted by atomic mass is 9.94. The predicted molar refractivity (Wildman–Crippen MR) is 163 cm³/mol. The van der Waals surface area contributed by atoms with Gasteiger partial charge in [-0.25, -0.2) is 9.78 Å². The van der Waals surface area contributed by atoms with E-state index in [1.807, 2.05) is 44.2 Å². The van der Waals surface area contributed by atoms with E-state index in [-0.39, 0.29) is 35.9 Å². The number of allylic oxidation sites excluding steroid dienone is 2. The molecule has 0 aliphatic carbocycles. The standard InChI is InChI=1S/C32H32N4O7/c1-18(11-13-21-30(38)27-22(17-43-32(27)39)19(2)31(21)42-3)12-14-26(37)33-15-16-34-29-20-7-4-5-8-23(20)35-24-9-6-10-25(28(24)29)36(40)41/h4-11,38H,12-17H2,1-3H3,(H,33,37)(H,34,35)/b18-11+. The summed E-state index contributed by atoms with van der Waals surface area (Å²) < 4.78 is 10.6. The average Bonchev–Trinajstić information content (AvgIpc) is 3.40. The first-order valence-corrected chi connectivity index (χ1v) is 13.9. The number of aromatic hydroxyl groups is 1. The molecule has 2 heterocycles. The molecule has 0 atom stereocenters. The van der Waals surface area contributed by atoms with Gasteiger partial charge in [-0.2, -0.15) is 0 Å². The van der Waals surface area contributed by atoms with Crippen LogP contribution in [0.25, 0.3) is 21.8 Å². The van der Waals surface area contributed by atoms with E-state index in [9.17, 15) is 24.8 Å². The molecule has 0 saturated heterocycles. The lowest BCUT2D eigenvalue weighted by Gasteiger charge is -2.15. The molecular weight excluding hydrogens is 552 g/mol. The summed E-state index contributed by atoms with van der Waals surface area (Å²) in [6.07, 6.45) is 2.99. The molecule has 0 spiro atoms. The van der Waals surface area contributed by atoms with Gasteiger partial charge in [-0.15, -0.1) is 0 Å². The third-order valence-electron chi connectivity index (χ3n) is 7.68. The quantitative estimate of drug-likeness (QED) is 0.0519. The molecule has 3 aromatic carbocycles. The highest BCUT2D eigenvalue weighted by atomic mass is 16.6. The van der Waals surface area contributed by atoms with Gasteiger partial charge in [0, 0.05) is 42.1 Å². The van der Waals surface area contributed by atoms with Crippen molar-refractivity contribution in [3.63, 3.8) is 0 Å². The van der Waals surface area contributed by atoms with Crippen molar-refractivity contribution in [2.75, 3.05) is 25.5 Å². The van der Waals surface area contributed by atoms with Crippen molar-refractivity contribution < 1.29 is 29.1 Å². The number of nitrogens with zero attached hydrogens (tertiary/aromatic N) is 2. The minimum atomic E-state index is -0.546. The van der Waals surface area contributed by atoms with E-state index in [0.29, 0.717) is 64.9 Å². The van der Waals surface area contributed by atoms with Gasteiger partial charge in [0.2, 0.25) is 5.91 Å². The van der Waals surface area contributed by atoms with Crippen LogP contribution in [0.2, 0.25) is 0 Å². The molecular formula is C32H32N4O7. The smallest absolute Gasteiger partial charge is 0.342 e. The highest BCUT2D eigenvalue weighted by Crippen LogP contribution is 2.42. The molecule has 0 radical (unpaired) electrons. The minimum Gasteiger partial charge on any atom is -0.507 e. The number of carbonyl (C=O) groups is 2. The molecule has 0 bridgehead atoms. The van der Waals surface area contributed by atoms with Crippen LogP contribution >= 0.6 is 0 Å². The van der Waals surface area contributed by atoms with Crippen molar-refractivity contribution in [3.05, 3.63) is 86.5 Å². The lowest BCUT2D eigenvalue weighted by molar-refractivity contribution is -0.383. The summed E-state index contributed by atoms with van der Waals surface area (Å²) in [4.78, 5) is 40.6. The minimum absolute atomic E-state index is 0.0366. The van der Waals surface area contributed by atoms with E-state index < -0.39 is 10.9 Å². The van der Waals surface area contributed by atoms with Gasteiger partial charge in [0.15, 0.2) is 0 Å². The number of fused-ring (bicyclic) bond motifs is 3. The van der Waals surface area contributed by atoms with Crippen LogP contribution in [0.4, 0.5) is 11.4 Å². The number of benzene rings is 3. The SMILES string of the molecule is COc1c(C)c2c(c(O)c1C/C=C(\C)CCC(=O)NCCNc1c3ccccc3nc3cccc([N+](=O)[O-])c13)C(=O)OC2. The molecule has 43 heavy (non-hydrogen) atoms. The molecule has 0 unspecified atom stereocenters. The van der Waals surface area contributed by atoms with Crippen molar-refractivity contribution in [3.8, 4) is 11.5 Å². The van der Waals surface area contributed by atoms with Gasteiger partial charge in [0.1, 0.15) is 29.1 Å². The van der Waals surface area contributed by atoms with E-state index in [1.165, 1.54) is 13.2 Å². The van der Waals surface area contributed by atoms with E-state index in [2.05, 4.69) is 15.6 Å². The Labute approximate surface area is 247 Å². The zero-order valence-electron chi connectivity index (χ0n) is 24.2. The number of phenolic OH excluding ortho intramolecular Hbond substituents is 1. The summed E-state index contributed by atoms with van der Waals surface area (Å²) in [5, 5.41) is 29.9. The van der Waals surface area contributed by atoms with Crippen LogP contribution in [0, 0.1) is 17.0 Å². The number of nitrogens with one attached hydrogen (secondary N) is 2. The average molecular weight is 585 g/mol. The number of amides is 1. The number of aromatic nitrogens is 1. The van der Waals surface area contributed by atoms with Crippen molar-refractivity contribution in [1.29, 1.82) is 0 Å². The number of non-ortho nitro benzene ring substituents is 1. The Morgan fingerprint density at radius 3 is 2.70 bits per heavy atom. The Kier molecular flexibility index (Phi) is 8.42. The van der Waals surface area contributed by atoms with Crippen molar-refractivity contribution >= 4 is 45.1 Å². The van der Waals surface area contributed by atoms with Gasteiger partial charge in [-0.1, -0.05) is 35.9 Å². The topological polar surface area (TPSA) is 153 Å². The normalized spacial score (nSPS) is 12.7. The maximum atomic E-state index is 12.6. The Bertz CT molecular complexity index is 1800. The first kappa shape index (κ1) is 29.3. The molecule has 0 fully saturated rings. The Hall–Kier alpha value is -5.19. The Balaban J connectivity index is 1.20. The summed E-state index contributed by atoms with van der Waals surface area (Å²) in [6.45, 7) is 4.52. The molecule has 1 amide bonds. The molecule has 1 aromatic heterocycles. The monoisotopic (exact) mass is 584 g/mol. The zero-order chi connectivity index (χ0) is 30.7. The number of cyclic esters (lactones) is 1. The molecule has 1 aliphatic heterocycles. The number of hydrogen-bond acceptors (Lipinski definition) is 9. The fourth-order valence-corrected chi connectivity index (χ4v) is 5.46. The van der Waals surface area contributed by atoms with Gasteiger partial charge in [0.25, 0.3) is 5.69 Å². The molecule has 5 rings (SSSR count).